The first-order valence-corrected chi connectivity index (χ1v) is 11.5. The molecule has 0 radical (unpaired) electrons. The van der Waals surface area contributed by atoms with Crippen molar-refractivity contribution in [2.45, 2.75) is 34.8 Å². The van der Waals surface area contributed by atoms with Crippen LogP contribution in [0.1, 0.15) is 19.8 Å². The Hall–Kier alpha value is -2.03. The zero-order chi connectivity index (χ0) is 20.3. The molecule has 28 heavy (non-hydrogen) atoms. The van der Waals surface area contributed by atoms with Gasteiger partial charge in [0, 0.05) is 34.2 Å². The molecule has 0 spiro atoms. The van der Waals surface area contributed by atoms with E-state index < -0.39 is 21.0 Å². The Balaban J connectivity index is 1.74. The Morgan fingerprint density at radius 3 is 2.82 bits per heavy atom. The lowest BCUT2D eigenvalue weighted by Gasteiger charge is -2.15. The van der Waals surface area contributed by atoms with Crippen LogP contribution >= 0.6 is 23.4 Å². The predicted octanol–water partition coefficient (Wildman–Crippen LogP) is 3.97. The van der Waals surface area contributed by atoms with Gasteiger partial charge in [-0.05, 0) is 43.3 Å². The Bertz CT molecular complexity index is 1020. The van der Waals surface area contributed by atoms with Gasteiger partial charge in [-0.1, -0.05) is 17.7 Å². The van der Waals surface area contributed by atoms with Gasteiger partial charge < -0.3 is 10.6 Å². The van der Waals surface area contributed by atoms with Crippen molar-refractivity contribution in [3.8, 4) is 0 Å². The normalized spacial score (nSPS) is 15.1. The Morgan fingerprint density at radius 2 is 2.07 bits per heavy atom. The number of carbonyl (C=O) groups is 2. The number of benzene rings is 2. The number of anilines is 2. The summed E-state index contributed by atoms with van der Waals surface area (Å²) in [4.78, 5) is 24.9. The SMILES string of the molecule is C[C@H](CC(=O)Nc1cccc(Cl)c1)S(=O)(=O)c1ccc2c(c1)NC(=O)CCS2. The highest BCUT2D eigenvalue weighted by molar-refractivity contribution is 7.99. The Labute approximate surface area is 173 Å². The van der Waals surface area contributed by atoms with Crippen LogP contribution < -0.4 is 10.6 Å². The minimum Gasteiger partial charge on any atom is -0.326 e. The molecule has 2 aromatic rings. The van der Waals surface area contributed by atoms with Crippen LogP contribution in [0.2, 0.25) is 5.02 Å². The summed E-state index contributed by atoms with van der Waals surface area (Å²) in [5, 5.41) is 4.93. The zero-order valence-electron chi connectivity index (χ0n) is 15.1. The summed E-state index contributed by atoms with van der Waals surface area (Å²) >= 11 is 7.39. The number of carbonyl (C=O) groups excluding carboxylic acids is 2. The minimum atomic E-state index is -3.74. The summed E-state index contributed by atoms with van der Waals surface area (Å²) in [6.45, 7) is 1.49. The van der Waals surface area contributed by atoms with Crippen molar-refractivity contribution in [3.63, 3.8) is 0 Å². The van der Waals surface area contributed by atoms with Crippen molar-refractivity contribution in [3.05, 3.63) is 47.5 Å². The van der Waals surface area contributed by atoms with E-state index in [0.717, 1.165) is 4.90 Å². The van der Waals surface area contributed by atoms with Gasteiger partial charge in [-0.3, -0.25) is 9.59 Å². The van der Waals surface area contributed by atoms with E-state index in [-0.39, 0.29) is 17.2 Å². The molecule has 0 aliphatic carbocycles. The molecule has 6 nitrogen and oxygen atoms in total. The second kappa shape index (κ2) is 8.55. The van der Waals surface area contributed by atoms with Gasteiger partial charge >= 0.3 is 0 Å². The molecule has 2 N–H and O–H groups in total. The second-order valence-electron chi connectivity index (χ2n) is 6.42. The molecule has 148 valence electrons. The lowest BCUT2D eigenvalue weighted by Crippen LogP contribution is -2.25. The van der Waals surface area contributed by atoms with E-state index in [9.17, 15) is 18.0 Å². The molecule has 1 aliphatic rings. The van der Waals surface area contributed by atoms with Crippen LogP contribution in [0.5, 0.6) is 0 Å². The van der Waals surface area contributed by atoms with E-state index in [0.29, 0.717) is 28.6 Å². The highest BCUT2D eigenvalue weighted by atomic mass is 35.5. The van der Waals surface area contributed by atoms with E-state index >= 15 is 0 Å². The third kappa shape index (κ3) is 4.87. The molecule has 0 saturated heterocycles. The van der Waals surface area contributed by atoms with Gasteiger partial charge in [0.2, 0.25) is 11.8 Å². The number of sulfone groups is 1. The first-order chi connectivity index (χ1) is 13.3. The number of hydrogen-bond donors (Lipinski definition) is 2. The molecular formula is C19H19ClN2O4S2. The summed E-state index contributed by atoms with van der Waals surface area (Å²) in [5.41, 5.74) is 0.996. The van der Waals surface area contributed by atoms with Crippen LogP contribution in [0.25, 0.3) is 0 Å². The van der Waals surface area contributed by atoms with Gasteiger partial charge in [0.1, 0.15) is 0 Å². The third-order valence-electron chi connectivity index (χ3n) is 4.25. The van der Waals surface area contributed by atoms with Crippen LogP contribution in [0, 0.1) is 0 Å². The monoisotopic (exact) mass is 438 g/mol. The van der Waals surface area contributed by atoms with Crippen molar-refractivity contribution < 1.29 is 18.0 Å². The summed E-state index contributed by atoms with van der Waals surface area (Å²) < 4.78 is 25.8. The molecule has 2 amide bonds. The number of hydrogen-bond acceptors (Lipinski definition) is 5. The number of fused-ring (bicyclic) bond motifs is 1. The quantitative estimate of drug-likeness (QED) is 0.736. The maximum Gasteiger partial charge on any atom is 0.225 e. The lowest BCUT2D eigenvalue weighted by atomic mass is 10.3. The average Bonchev–Trinajstić information content (AvgIpc) is 2.81. The molecule has 3 rings (SSSR count). The highest BCUT2D eigenvalue weighted by Crippen LogP contribution is 2.33. The molecule has 2 aromatic carbocycles. The topological polar surface area (TPSA) is 92.3 Å². The fourth-order valence-electron chi connectivity index (χ4n) is 2.76. The van der Waals surface area contributed by atoms with Crippen molar-refractivity contribution in [1.82, 2.24) is 0 Å². The molecule has 0 saturated carbocycles. The van der Waals surface area contributed by atoms with E-state index in [1.165, 1.54) is 30.8 Å². The van der Waals surface area contributed by atoms with Crippen LogP contribution in [-0.4, -0.2) is 31.2 Å². The number of halogens is 1. The van der Waals surface area contributed by atoms with Crippen molar-refractivity contribution in [2.24, 2.45) is 0 Å². The van der Waals surface area contributed by atoms with Gasteiger partial charge in [-0.25, -0.2) is 8.42 Å². The van der Waals surface area contributed by atoms with Crippen molar-refractivity contribution in [2.75, 3.05) is 16.4 Å². The number of amides is 2. The number of rotatable bonds is 5. The third-order valence-corrected chi connectivity index (χ3v) is 7.70. The van der Waals surface area contributed by atoms with Gasteiger partial charge in [-0.2, -0.15) is 0 Å². The van der Waals surface area contributed by atoms with E-state index in [2.05, 4.69) is 10.6 Å². The molecular weight excluding hydrogens is 420 g/mol. The van der Waals surface area contributed by atoms with Crippen molar-refractivity contribution in [1.29, 1.82) is 0 Å². The first kappa shape index (κ1) is 20.7. The van der Waals surface area contributed by atoms with Crippen LogP contribution in [0.15, 0.2) is 52.3 Å². The standard InChI is InChI=1S/C19H19ClN2O4S2/c1-12(9-19(24)21-14-4-2-3-13(20)10-14)28(25,26)15-5-6-17-16(11-15)22-18(23)7-8-27-17/h2-6,10-12H,7-9H2,1H3,(H,21,24)(H,22,23)/t12-/m1/s1. The molecule has 9 heteroatoms. The van der Waals surface area contributed by atoms with Crippen LogP contribution in [0.4, 0.5) is 11.4 Å². The lowest BCUT2D eigenvalue weighted by molar-refractivity contribution is -0.116. The predicted molar refractivity (Wildman–Crippen MR) is 112 cm³/mol. The molecule has 1 heterocycles. The van der Waals surface area contributed by atoms with Gasteiger partial charge in [0.15, 0.2) is 9.84 Å². The first-order valence-electron chi connectivity index (χ1n) is 8.62. The van der Waals surface area contributed by atoms with Gasteiger partial charge in [0.25, 0.3) is 0 Å². The molecule has 0 aromatic heterocycles. The van der Waals surface area contributed by atoms with Gasteiger partial charge in [-0.15, -0.1) is 11.8 Å². The summed E-state index contributed by atoms with van der Waals surface area (Å²) in [7, 11) is -3.74. The van der Waals surface area contributed by atoms with E-state index in [1.54, 1.807) is 30.3 Å². The molecule has 1 aliphatic heterocycles. The minimum absolute atomic E-state index is 0.0807. The highest BCUT2D eigenvalue weighted by Gasteiger charge is 2.27. The maximum atomic E-state index is 12.9. The molecule has 1 atom stereocenters. The number of nitrogens with one attached hydrogen (secondary N) is 2. The number of thioether (sulfide) groups is 1. The van der Waals surface area contributed by atoms with E-state index in [1.807, 2.05) is 0 Å². The smallest absolute Gasteiger partial charge is 0.225 e. The summed E-state index contributed by atoms with van der Waals surface area (Å²) in [6, 6.07) is 11.3. The fourth-order valence-corrected chi connectivity index (χ4v) is 5.26. The maximum absolute atomic E-state index is 12.9. The van der Waals surface area contributed by atoms with Crippen molar-refractivity contribution >= 4 is 56.4 Å². The molecule has 0 bridgehead atoms. The largest absolute Gasteiger partial charge is 0.326 e. The second-order valence-corrected chi connectivity index (χ2v) is 10.4. The summed E-state index contributed by atoms with van der Waals surface area (Å²) in [5.74, 6) is 0.0806. The zero-order valence-corrected chi connectivity index (χ0v) is 17.5. The Kier molecular flexibility index (Phi) is 6.32. The van der Waals surface area contributed by atoms with Crippen LogP contribution in [-0.2, 0) is 19.4 Å². The van der Waals surface area contributed by atoms with Crippen LogP contribution in [0.3, 0.4) is 0 Å². The summed E-state index contributed by atoms with van der Waals surface area (Å²) in [6.07, 6.45) is 0.175. The fraction of sp³-hybridized carbons (Fsp3) is 0.263. The van der Waals surface area contributed by atoms with E-state index in [4.69, 9.17) is 11.6 Å². The molecule has 0 fully saturated rings. The Morgan fingerprint density at radius 1 is 1.29 bits per heavy atom. The molecule has 0 unspecified atom stereocenters. The van der Waals surface area contributed by atoms with Gasteiger partial charge in [0.05, 0.1) is 15.8 Å². The average molecular weight is 439 g/mol.